The van der Waals surface area contributed by atoms with Crippen molar-refractivity contribution in [1.82, 2.24) is 0 Å². The Hall–Kier alpha value is -0.690. The molecule has 2 nitrogen and oxygen atoms in total. The smallest absolute Gasteiger partial charge is 0.399 e. The monoisotopic (exact) mass is 308 g/mol. The molecular formula is C12H15F3N2S2. The number of hydrogen-bond acceptors (Lipinski definition) is 4. The first-order valence-corrected chi connectivity index (χ1v) is 8.07. The molecule has 2 rings (SSSR count). The van der Waals surface area contributed by atoms with Crippen LogP contribution in [0.3, 0.4) is 0 Å². The summed E-state index contributed by atoms with van der Waals surface area (Å²) < 4.78 is 38.7. The zero-order valence-corrected chi connectivity index (χ0v) is 11.8. The summed E-state index contributed by atoms with van der Waals surface area (Å²) in [7, 11) is 0. The lowest BCUT2D eigenvalue weighted by molar-refractivity contribution is -0.136. The topological polar surface area (TPSA) is 38.0 Å². The second kappa shape index (κ2) is 6.17. The Labute approximate surface area is 118 Å². The highest BCUT2D eigenvalue weighted by atomic mass is 32.2. The van der Waals surface area contributed by atoms with Crippen LogP contribution in [0, 0.1) is 0 Å². The van der Waals surface area contributed by atoms with E-state index in [9.17, 15) is 13.2 Å². The van der Waals surface area contributed by atoms with Crippen LogP contribution >= 0.6 is 23.5 Å². The molecule has 0 spiro atoms. The molecule has 1 atom stereocenters. The fraction of sp³-hybridized carbons (Fsp3) is 0.500. The van der Waals surface area contributed by atoms with Crippen LogP contribution in [0.1, 0.15) is 5.56 Å². The van der Waals surface area contributed by atoms with Crippen LogP contribution in [0.5, 0.6) is 0 Å². The maximum Gasteiger partial charge on any atom is 0.418 e. The molecule has 0 bridgehead atoms. The van der Waals surface area contributed by atoms with E-state index in [4.69, 9.17) is 5.73 Å². The summed E-state index contributed by atoms with van der Waals surface area (Å²) in [6, 6.07) is 3.87. The maximum atomic E-state index is 12.9. The molecule has 1 heterocycles. The number of hydrogen-bond donors (Lipinski definition) is 2. The van der Waals surface area contributed by atoms with Gasteiger partial charge in [-0.2, -0.15) is 36.7 Å². The third-order valence-corrected chi connectivity index (χ3v) is 5.60. The summed E-state index contributed by atoms with van der Waals surface area (Å²) in [6.07, 6.45) is -4.38. The van der Waals surface area contributed by atoms with Crippen LogP contribution in [-0.2, 0) is 6.18 Å². The van der Waals surface area contributed by atoms with Crippen molar-refractivity contribution in [1.29, 1.82) is 0 Å². The Bertz CT molecular complexity index is 431. The molecule has 0 saturated carbocycles. The van der Waals surface area contributed by atoms with E-state index >= 15 is 0 Å². The van der Waals surface area contributed by atoms with Gasteiger partial charge in [-0.15, -0.1) is 0 Å². The van der Waals surface area contributed by atoms with Gasteiger partial charge in [0.1, 0.15) is 0 Å². The molecule has 1 aromatic carbocycles. The van der Waals surface area contributed by atoms with Gasteiger partial charge in [-0.3, -0.25) is 0 Å². The first-order valence-electron chi connectivity index (χ1n) is 5.87. The van der Waals surface area contributed by atoms with Crippen LogP contribution < -0.4 is 11.1 Å². The standard InChI is InChI=1S/C12H15F3N2S2/c13-12(14,15)10-5-8(16)1-2-11(10)17-6-9-7-18-3-4-19-9/h1-2,5,9,17H,3-4,6-7,16H2. The van der Waals surface area contributed by atoms with E-state index in [-0.39, 0.29) is 11.4 Å². The number of nitrogens with one attached hydrogen (secondary N) is 1. The van der Waals surface area contributed by atoms with Gasteiger partial charge in [0.05, 0.1) is 5.56 Å². The number of anilines is 2. The average Bonchev–Trinajstić information content (AvgIpc) is 2.37. The van der Waals surface area contributed by atoms with Gasteiger partial charge in [0, 0.05) is 40.4 Å². The summed E-state index contributed by atoms with van der Waals surface area (Å²) in [5.74, 6) is 3.16. The Morgan fingerprint density at radius 2 is 2.11 bits per heavy atom. The third kappa shape index (κ3) is 4.14. The van der Waals surface area contributed by atoms with Gasteiger partial charge in [-0.25, -0.2) is 0 Å². The van der Waals surface area contributed by atoms with Crippen molar-refractivity contribution >= 4 is 34.9 Å². The first kappa shape index (κ1) is 14.7. The molecule has 1 fully saturated rings. The first-order chi connectivity index (χ1) is 8.97. The number of halogens is 3. The SMILES string of the molecule is Nc1ccc(NCC2CSCCS2)c(C(F)(F)F)c1. The molecule has 19 heavy (non-hydrogen) atoms. The van der Waals surface area contributed by atoms with E-state index in [1.165, 1.54) is 12.1 Å². The lowest BCUT2D eigenvalue weighted by Crippen LogP contribution is -2.24. The zero-order valence-electron chi connectivity index (χ0n) is 10.2. The molecule has 0 radical (unpaired) electrons. The van der Waals surface area contributed by atoms with Crippen LogP contribution in [-0.4, -0.2) is 29.1 Å². The van der Waals surface area contributed by atoms with Crippen molar-refractivity contribution in [2.45, 2.75) is 11.4 Å². The number of nitrogens with two attached hydrogens (primary N) is 1. The van der Waals surface area contributed by atoms with E-state index in [2.05, 4.69) is 5.32 Å². The van der Waals surface area contributed by atoms with Crippen molar-refractivity contribution < 1.29 is 13.2 Å². The van der Waals surface area contributed by atoms with E-state index in [0.717, 1.165) is 23.3 Å². The zero-order chi connectivity index (χ0) is 13.9. The Kier molecular flexibility index (Phi) is 4.78. The highest BCUT2D eigenvalue weighted by Gasteiger charge is 2.33. The van der Waals surface area contributed by atoms with Gasteiger partial charge < -0.3 is 11.1 Å². The molecule has 7 heteroatoms. The molecule has 1 aliphatic rings. The maximum absolute atomic E-state index is 12.9. The molecule has 1 aromatic rings. The fourth-order valence-corrected chi connectivity index (χ4v) is 4.44. The summed E-state index contributed by atoms with van der Waals surface area (Å²) in [5, 5.41) is 3.27. The van der Waals surface area contributed by atoms with Crippen molar-refractivity contribution in [2.75, 3.05) is 34.9 Å². The molecule has 1 saturated heterocycles. The Morgan fingerprint density at radius 3 is 2.74 bits per heavy atom. The van der Waals surface area contributed by atoms with Gasteiger partial charge >= 0.3 is 6.18 Å². The van der Waals surface area contributed by atoms with E-state index in [0.29, 0.717) is 11.8 Å². The molecule has 1 unspecified atom stereocenters. The third-order valence-electron chi connectivity index (χ3n) is 2.75. The Balaban J connectivity index is 2.06. The Morgan fingerprint density at radius 1 is 1.32 bits per heavy atom. The van der Waals surface area contributed by atoms with Gasteiger partial charge in [0.15, 0.2) is 0 Å². The minimum atomic E-state index is -4.38. The van der Waals surface area contributed by atoms with Crippen LogP contribution in [0.25, 0.3) is 0 Å². The normalized spacial score (nSPS) is 20.3. The predicted molar refractivity (Wildman–Crippen MR) is 77.9 cm³/mol. The highest BCUT2D eigenvalue weighted by molar-refractivity contribution is 8.06. The minimum absolute atomic E-state index is 0.109. The molecule has 3 N–H and O–H groups in total. The molecule has 0 amide bonds. The highest BCUT2D eigenvalue weighted by Crippen LogP contribution is 2.36. The van der Waals surface area contributed by atoms with E-state index in [1.807, 2.05) is 23.5 Å². The largest absolute Gasteiger partial charge is 0.418 e. The van der Waals surface area contributed by atoms with Crippen molar-refractivity contribution in [2.24, 2.45) is 0 Å². The van der Waals surface area contributed by atoms with Crippen molar-refractivity contribution in [3.63, 3.8) is 0 Å². The van der Waals surface area contributed by atoms with Gasteiger partial charge in [-0.05, 0) is 18.2 Å². The fourth-order valence-electron chi connectivity index (χ4n) is 1.83. The minimum Gasteiger partial charge on any atom is -0.399 e. The lowest BCUT2D eigenvalue weighted by atomic mass is 10.1. The average molecular weight is 308 g/mol. The molecular weight excluding hydrogens is 293 g/mol. The second-order valence-electron chi connectivity index (χ2n) is 4.25. The van der Waals surface area contributed by atoms with Crippen LogP contribution in [0.2, 0.25) is 0 Å². The summed E-state index contributed by atoms with van der Waals surface area (Å²) in [5.41, 5.74) is 4.97. The molecule has 0 aliphatic carbocycles. The summed E-state index contributed by atoms with van der Waals surface area (Å²) >= 11 is 3.66. The van der Waals surface area contributed by atoms with E-state index < -0.39 is 11.7 Å². The lowest BCUT2D eigenvalue weighted by Gasteiger charge is -2.23. The number of rotatable bonds is 3. The molecule has 0 aromatic heterocycles. The predicted octanol–water partition coefficient (Wildman–Crippen LogP) is 3.55. The number of alkyl halides is 3. The van der Waals surface area contributed by atoms with E-state index in [1.54, 1.807) is 0 Å². The van der Waals surface area contributed by atoms with Gasteiger partial charge in [0.25, 0.3) is 0 Å². The van der Waals surface area contributed by atoms with Crippen molar-refractivity contribution in [3.8, 4) is 0 Å². The second-order valence-corrected chi connectivity index (χ2v) is 6.81. The van der Waals surface area contributed by atoms with Gasteiger partial charge in [-0.1, -0.05) is 0 Å². The summed E-state index contributed by atoms with van der Waals surface area (Å²) in [6.45, 7) is 0.546. The van der Waals surface area contributed by atoms with Gasteiger partial charge in [0.2, 0.25) is 0 Å². The quantitative estimate of drug-likeness (QED) is 0.838. The van der Waals surface area contributed by atoms with Crippen LogP contribution in [0.4, 0.5) is 24.5 Å². The number of nitrogen functional groups attached to an aromatic ring is 1. The van der Waals surface area contributed by atoms with Crippen molar-refractivity contribution in [3.05, 3.63) is 23.8 Å². The number of thioether (sulfide) groups is 2. The summed E-state index contributed by atoms with van der Waals surface area (Å²) in [4.78, 5) is 0. The van der Waals surface area contributed by atoms with Crippen LogP contribution in [0.15, 0.2) is 18.2 Å². The molecule has 106 valence electrons. The molecule has 1 aliphatic heterocycles. The number of benzene rings is 1.